The Hall–Kier alpha value is -7.11. The van der Waals surface area contributed by atoms with Crippen LogP contribution in [0.25, 0.3) is 105 Å². The van der Waals surface area contributed by atoms with E-state index in [2.05, 4.69) is 102 Å². The van der Waals surface area contributed by atoms with Crippen LogP contribution in [0.2, 0.25) is 0 Å². The van der Waals surface area contributed by atoms with E-state index >= 15 is 0 Å². The highest BCUT2D eigenvalue weighted by Crippen LogP contribution is 2.42. The Morgan fingerprint density at radius 1 is 0.404 bits per heavy atom. The van der Waals surface area contributed by atoms with Crippen LogP contribution in [-0.4, -0.2) is 19.5 Å². The first-order valence-corrected chi connectivity index (χ1v) is 17.5. The van der Waals surface area contributed by atoms with Gasteiger partial charge in [-0.3, -0.25) is 0 Å². The summed E-state index contributed by atoms with van der Waals surface area (Å²) in [6, 6.07) is 59.1. The van der Waals surface area contributed by atoms with Crippen LogP contribution in [-0.2, 0) is 0 Å². The molecule has 0 fully saturated rings. The lowest BCUT2D eigenvalue weighted by Crippen LogP contribution is -2.01. The minimum atomic E-state index is 0.606. The van der Waals surface area contributed by atoms with Gasteiger partial charge in [0, 0.05) is 54.7 Å². The second-order valence-corrected chi connectivity index (χ2v) is 13.2. The average Bonchev–Trinajstić information content (AvgIpc) is 3.77. The van der Waals surface area contributed by atoms with E-state index in [1.807, 2.05) is 72.8 Å². The van der Waals surface area contributed by atoms with Gasteiger partial charge in [0.15, 0.2) is 17.5 Å². The van der Waals surface area contributed by atoms with Gasteiger partial charge < -0.3 is 8.98 Å². The molecule has 8 aromatic carbocycles. The molecule has 0 spiro atoms. The molecular weight excluding hydrogens is 637 g/mol. The molecule has 3 aromatic heterocycles. The molecule has 0 aliphatic rings. The normalized spacial score (nSPS) is 11.8. The Labute approximate surface area is 298 Å². The fourth-order valence-electron chi connectivity index (χ4n) is 7.84. The van der Waals surface area contributed by atoms with Gasteiger partial charge in [0.25, 0.3) is 0 Å². The molecule has 11 rings (SSSR count). The summed E-state index contributed by atoms with van der Waals surface area (Å²) in [5, 5.41) is 8.93. The van der Waals surface area contributed by atoms with Crippen molar-refractivity contribution in [2.24, 2.45) is 0 Å². The zero-order chi connectivity index (χ0) is 34.2. The minimum Gasteiger partial charge on any atom is -0.455 e. The van der Waals surface area contributed by atoms with Gasteiger partial charge in [-0.1, -0.05) is 133 Å². The molecule has 0 atom stereocenters. The third-order valence-electron chi connectivity index (χ3n) is 10.2. The summed E-state index contributed by atoms with van der Waals surface area (Å²) in [7, 11) is 0. The number of benzene rings is 8. The molecule has 0 unspecified atom stereocenters. The summed E-state index contributed by atoms with van der Waals surface area (Å²) < 4.78 is 9.01. The van der Waals surface area contributed by atoms with E-state index < -0.39 is 0 Å². The number of aromatic nitrogens is 4. The van der Waals surface area contributed by atoms with Crippen molar-refractivity contribution < 1.29 is 4.42 Å². The molecule has 0 amide bonds. The molecular formula is C47H28N4O. The number of nitrogens with zero attached hydrogens (tertiary/aromatic N) is 4. The first-order chi connectivity index (χ1) is 25.8. The van der Waals surface area contributed by atoms with Crippen LogP contribution in [0.1, 0.15) is 0 Å². The molecule has 3 heterocycles. The van der Waals surface area contributed by atoms with Crippen LogP contribution < -0.4 is 0 Å². The van der Waals surface area contributed by atoms with Crippen LogP contribution in [0.4, 0.5) is 0 Å². The lowest BCUT2D eigenvalue weighted by atomic mass is 9.98. The molecule has 5 heteroatoms. The highest BCUT2D eigenvalue weighted by Gasteiger charge is 2.21. The monoisotopic (exact) mass is 664 g/mol. The topological polar surface area (TPSA) is 56.7 Å². The van der Waals surface area contributed by atoms with Crippen molar-refractivity contribution >= 4 is 65.3 Å². The summed E-state index contributed by atoms with van der Waals surface area (Å²) in [5.74, 6) is 1.86. The maximum absolute atomic E-state index is 6.61. The lowest BCUT2D eigenvalue weighted by molar-refractivity contribution is 0.672. The summed E-state index contributed by atoms with van der Waals surface area (Å²) in [6.45, 7) is 0. The number of para-hydroxylation sites is 2. The second-order valence-electron chi connectivity index (χ2n) is 13.2. The van der Waals surface area contributed by atoms with Crippen molar-refractivity contribution in [1.29, 1.82) is 0 Å². The van der Waals surface area contributed by atoms with Crippen LogP contribution in [0, 0.1) is 0 Å². The third kappa shape index (κ3) is 4.33. The van der Waals surface area contributed by atoms with Gasteiger partial charge in [-0.25, -0.2) is 15.0 Å². The van der Waals surface area contributed by atoms with E-state index in [1.165, 1.54) is 27.1 Å². The van der Waals surface area contributed by atoms with E-state index in [9.17, 15) is 0 Å². The van der Waals surface area contributed by atoms with E-state index in [4.69, 9.17) is 19.4 Å². The fraction of sp³-hybridized carbons (Fsp3) is 0. The fourth-order valence-corrected chi connectivity index (χ4v) is 7.84. The highest BCUT2D eigenvalue weighted by atomic mass is 16.3. The third-order valence-corrected chi connectivity index (χ3v) is 10.2. The van der Waals surface area contributed by atoms with E-state index in [-0.39, 0.29) is 0 Å². The van der Waals surface area contributed by atoms with E-state index in [1.54, 1.807) is 0 Å². The smallest absolute Gasteiger partial charge is 0.164 e. The predicted molar refractivity (Wildman–Crippen MR) is 213 cm³/mol. The molecule has 0 saturated heterocycles. The van der Waals surface area contributed by atoms with Crippen molar-refractivity contribution in [3.8, 4) is 39.9 Å². The Balaban J connectivity index is 1.26. The Morgan fingerprint density at radius 3 is 1.79 bits per heavy atom. The molecule has 5 nitrogen and oxygen atoms in total. The largest absolute Gasteiger partial charge is 0.455 e. The Kier molecular flexibility index (Phi) is 6.18. The molecule has 0 N–H and O–H groups in total. The Bertz CT molecular complexity index is 3120. The number of fused-ring (bicyclic) bond motifs is 10. The predicted octanol–water partition coefficient (Wildman–Crippen LogP) is 12.2. The van der Waals surface area contributed by atoms with Crippen molar-refractivity contribution in [3.05, 3.63) is 170 Å². The highest BCUT2D eigenvalue weighted by molar-refractivity contribution is 6.21. The molecule has 11 aromatic rings. The van der Waals surface area contributed by atoms with Crippen LogP contribution >= 0.6 is 0 Å². The molecule has 0 aliphatic heterocycles. The number of furan rings is 1. The zero-order valence-corrected chi connectivity index (χ0v) is 27.9. The summed E-state index contributed by atoms with van der Waals surface area (Å²) in [6.07, 6.45) is 0. The molecule has 0 bridgehead atoms. The average molecular weight is 665 g/mol. The van der Waals surface area contributed by atoms with Crippen LogP contribution in [0.5, 0.6) is 0 Å². The van der Waals surface area contributed by atoms with Crippen molar-refractivity contribution in [3.63, 3.8) is 0 Å². The number of hydrogen-bond acceptors (Lipinski definition) is 4. The van der Waals surface area contributed by atoms with Gasteiger partial charge in [0.05, 0.1) is 11.0 Å². The van der Waals surface area contributed by atoms with Crippen LogP contribution in [0.3, 0.4) is 0 Å². The second kappa shape index (κ2) is 11.2. The Morgan fingerprint density at radius 2 is 1.02 bits per heavy atom. The SMILES string of the molecule is c1ccc(-c2nc(-c3ccccc3)nc(-c3cc4c5ccccc5oc4c4ccc(-n5c6ccccc6c6ccc7ccccc7c65)cc34)n2)cc1. The van der Waals surface area contributed by atoms with Gasteiger partial charge in [-0.05, 0) is 47.2 Å². The van der Waals surface area contributed by atoms with Gasteiger partial charge >= 0.3 is 0 Å². The van der Waals surface area contributed by atoms with Crippen molar-refractivity contribution in [2.75, 3.05) is 0 Å². The van der Waals surface area contributed by atoms with Crippen molar-refractivity contribution in [2.45, 2.75) is 0 Å². The zero-order valence-electron chi connectivity index (χ0n) is 27.9. The van der Waals surface area contributed by atoms with Gasteiger partial charge in [-0.15, -0.1) is 0 Å². The molecule has 52 heavy (non-hydrogen) atoms. The van der Waals surface area contributed by atoms with E-state index in [0.29, 0.717) is 17.5 Å². The molecule has 0 saturated carbocycles. The van der Waals surface area contributed by atoms with Gasteiger partial charge in [-0.2, -0.15) is 0 Å². The molecule has 0 aliphatic carbocycles. The molecule has 0 radical (unpaired) electrons. The maximum Gasteiger partial charge on any atom is 0.164 e. The number of rotatable bonds is 4. The first kappa shape index (κ1) is 28.7. The van der Waals surface area contributed by atoms with Gasteiger partial charge in [0.2, 0.25) is 0 Å². The maximum atomic E-state index is 6.61. The standard InChI is InChI=1S/C47H28N4O/c1-3-14-30(15-4-1)45-48-46(31-16-5-2-6-17-31)50-47(49-45)40-28-39-35-20-10-12-22-42(35)52-44(39)37-26-24-32(27-38(37)40)51-41-21-11-9-19-34(41)36-25-23-29-13-7-8-18-33(29)43(36)51/h1-28H. The number of hydrogen-bond donors (Lipinski definition) is 0. The quantitative estimate of drug-likeness (QED) is 0.188. The minimum absolute atomic E-state index is 0.606. The van der Waals surface area contributed by atoms with Crippen molar-refractivity contribution in [1.82, 2.24) is 19.5 Å². The van der Waals surface area contributed by atoms with Gasteiger partial charge in [0.1, 0.15) is 11.2 Å². The first-order valence-electron chi connectivity index (χ1n) is 17.5. The van der Waals surface area contributed by atoms with E-state index in [0.717, 1.165) is 60.6 Å². The summed E-state index contributed by atoms with van der Waals surface area (Å²) in [4.78, 5) is 15.4. The summed E-state index contributed by atoms with van der Waals surface area (Å²) in [5.41, 5.74) is 7.85. The lowest BCUT2D eigenvalue weighted by Gasteiger charge is -2.14. The summed E-state index contributed by atoms with van der Waals surface area (Å²) >= 11 is 0. The molecule has 242 valence electrons. The van der Waals surface area contributed by atoms with Crippen LogP contribution in [0.15, 0.2) is 174 Å².